The smallest absolute Gasteiger partial charge is 0.0469 e. The fourth-order valence-electron chi connectivity index (χ4n) is 3.12. The molecule has 20 heavy (non-hydrogen) atoms. The zero-order chi connectivity index (χ0) is 14.5. The molecule has 1 heterocycles. The molecule has 0 aliphatic carbocycles. The Hall–Kier alpha value is -0.900. The first kappa shape index (κ1) is 15.5. The highest BCUT2D eigenvalue weighted by molar-refractivity contribution is 5.32. The normalized spacial score (nSPS) is 18.4. The third-order valence-corrected chi connectivity index (χ3v) is 4.24. The Morgan fingerprint density at radius 3 is 2.65 bits per heavy atom. The fraction of sp³-hybridized carbons (Fsp3) is 0.647. The Labute approximate surface area is 123 Å². The van der Waals surface area contributed by atoms with Crippen LogP contribution < -0.4 is 5.73 Å². The van der Waals surface area contributed by atoms with Crippen molar-refractivity contribution in [2.45, 2.75) is 32.7 Å². The lowest BCUT2D eigenvalue weighted by Gasteiger charge is -2.29. The molecule has 0 bridgehead atoms. The van der Waals surface area contributed by atoms with Crippen molar-refractivity contribution >= 4 is 0 Å². The number of hydrogen-bond donors (Lipinski definition) is 1. The fourth-order valence-corrected chi connectivity index (χ4v) is 3.12. The largest absolute Gasteiger partial charge is 0.381 e. The van der Waals surface area contributed by atoms with Crippen LogP contribution in [-0.4, -0.2) is 38.3 Å². The van der Waals surface area contributed by atoms with Gasteiger partial charge in [-0.3, -0.25) is 0 Å². The van der Waals surface area contributed by atoms with Crippen molar-refractivity contribution in [1.29, 1.82) is 0 Å². The molecule has 0 spiro atoms. The molecule has 1 fully saturated rings. The van der Waals surface area contributed by atoms with Crippen molar-refractivity contribution in [3.05, 3.63) is 34.9 Å². The van der Waals surface area contributed by atoms with E-state index >= 15 is 0 Å². The lowest BCUT2D eigenvalue weighted by Crippen LogP contribution is -2.35. The van der Waals surface area contributed by atoms with Crippen LogP contribution in [0.3, 0.4) is 0 Å². The zero-order valence-electron chi connectivity index (χ0n) is 13.1. The second-order valence-corrected chi connectivity index (χ2v) is 6.24. The highest BCUT2D eigenvalue weighted by atomic mass is 16.5. The van der Waals surface area contributed by atoms with Crippen molar-refractivity contribution in [2.75, 3.05) is 33.4 Å². The quantitative estimate of drug-likeness (QED) is 0.898. The van der Waals surface area contributed by atoms with E-state index in [9.17, 15) is 0 Å². The van der Waals surface area contributed by atoms with Crippen LogP contribution in [0.2, 0.25) is 0 Å². The van der Waals surface area contributed by atoms with Gasteiger partial charge in [-0.25, -0.2) is 0 Å². The van der Waals surface area contributed by atoms with Gasteiger partial charge in [0.15, 0.2) is 0 Å². The van der Waals surface area contributed by atoms with Gasteiger partial charge in [-0.1, -0.05) is 23.8 Å². The van der Waals surface area contributed by atoms with E-state index in [0.29, 0.717) is 0 Å². The molecule has 1 unspecified atom stereocenters. The molecule has 2 N–H and O–H groups in total. The van der Waals surface area contributed by atoms with Crippen molar-refractivity contribution in [3.63, 3.8) is 0 Å². The van der Waals surface area contributed by atoms with Crippen molar-refractivity contribution in [3.8, 4) is 0 Å². The van der Waals surface area contributed by atoms with Crippen LogP contribution in [0.5, 0.6) is 0 Å². The van der Waals surface area contributed by atoms with Gasteiger partial charge >= 0.3 is 0 Å². The number of hydrogen-bond acceptors (Lipinski definition) is 3. The van der Waals surface area contributed by atoms with E-state index in [2.05, 4.69) is 44.0 Å². The molecule has 1 atom stereocenters. The first-order valence-corrected chi connectivity index (χ1v) is 7.65. The van der Waals surface area contributed by atoms with Crippen molar-refractivity contribution in [1.82, 2.24) is 4.90 Å². The number of rotatable bonds is 5. The zero-order valence-corrected chi connectivity index (χ0v) is 13.1. The predicted molar refractivity (Wildman–Crippen MR) is 83.9 cm³/mol. The predicted octanol–water partition coefficient (Wildman–Crippen LogP) is 2.66. The van der Waals surface area contributed by atoms with Crippen LogP contribution in [0.25, 0.3) is 0 Å². The first-order chi connectivity index (χ1) is 9.56. The molecule has 0 aromatic heterocycles. The van der Waals surface area contributed by atoms with Crippen LogP contribution >= 0.6 is 0 Å². The summed E-state index contributed by atoms with van der Waals surface area (Å²) in [5.41, 5.74) is 10.3. The summed E-state index contributed by atoms with van der Waals surface area (Å²) in [5, 5.41) is 0. The molecule has 0 amide bonds. The van der Waals surface area contributed by atoms with Crippen LogP contribution in [0, 0.1) is 19.8 Å². The van der Waals surface area contributed by atoms with E-state index in [0.717, 1.165) is 32.2 Å². The maximum Gasteiger partial charge on any atom is 0.0469 e. The number of nitrogens with zero attached hydrogens (tertiary/aromatic N) is 1. The Morgan fingerprint density at radius 2 is 2.00 bits per heavy atom. The summed E-state index contributed by atoms with van der Waals surface area (Å²) in [7, 11) is 2.18. The SMILES string of the molecule is Cc1ccc(C(N)CN(C)CC2CCOCC2)c(C)c1. The molecular formula is C17H28N2O. The topological polar surface area (TPSA) is 38.5 Å². The number of nitrogens with two attached hydrogens (primary N) is 1. The monoisotopic (exact) mass is 276 g/mol. The van der Waals surface area contributed by atoms with Crippen LogP contribution in [-0.2, 0) is 4.74 Å². The molecule has 112 valence electrons. The second kappa shape index (κ2) is 7.21. The average molecular weight is 276 g/mol. The third kappa shape index (κ3) is 4.30. The molecule has 1 aromatic rings. The average Bonchev–Trinajstić information content (AvgIpc) is 2.39. The van der Waals surface area contributed by atoms with Crippen molar-refractivity contribution < 1.29 is 4.74 Å². The lowest BCUT2D eigenvalue weighted by atomic mass is 9.97. The van der Waals surface area contributed by atoms with Crippen LogP contribution in [0.15, 0.2) is 18.2 Å². The Bertz CT molecular complexity index is 427. The van der Waals surface area contributed by atoms with Gasteiger partial charge in [-0.05, 0) is 50.8 Å². The number of likely N-dealkylation sites (N-methyl/N-ethyl adjacent to an activating group) is 1. The molecule has 1 aromatic carbocycles. The summed E-state index contributed by atoms with van der Waals surface area (Å²) in [6.45, 7) is 8.16. The molecule has 0 saturated carbocycles. The Morgan fingerprint density at radius 1 is 1.30 bits per heavy atom. The molecule has 0 radical (unpaired) electrons. The number of ether oxygens (including phenoxy) is 1. The maximum absolute atomic E-state index is 6.39. The maximum atomic E-state index is 6.39. The van der Waals surface area contributed by atoms with Gasteiger partial charge in [0.05, 0.1) is 0 Å². The van der Waals surface area contributed by atoms with Gasteiger partial charge in [0, 0.05) is 32.3 Å². The molecule has 3 nitrogen and oxygen atoms in total. The van der Waals surface area contributed by atoms with E-state index in [1.165, 1.54) is 29.5 Å². The number of benzene rings is 1. The molecule has 1 aliphatic rings. The lowest BCUT2D eigenvalue weighted by molar-refractivity contribution is 0.0551. The third-order valence-electron chi connectivity index (χ3n) is 4.24. The van der Waals surface area contributed by atoms with E-state index in [1.54, 1.807) is 0 Å². The molecule has 1 saturated heterocycles. The first-order valence-electron chi connectivity index (χ1n) is 7.65. The van der Waals surface area contributed by atoms with Gasteiger partial charge in [0.25, 0.3) is 0 Å². The minimum absolute atomic E-state index is 0.0976. The van der Waals surface area contributed by atoms with Gasteiger partial charge in [-0.2, -0.15) is 0 Å². The molecule has 3 heteroatoms. The Balaban J connectivity index is 1.87. The van der Waals surface area contributed by atoms with E-state index in [1.807, 2.05) is 0 Å². The molecule has 2 rings (SSSR count). The highest BCUT2D eigenvalue weighted by Gasteiger charge is 2.18. The highest BCUT2D eigenvalue weighted by Crippen LogP contribution is 2.20. The van der Waals surface area contributed by atoms with E-state index < -0.39 is 0 Å². The summed E-state index contributed by atoms with van der Waals surface area (Å²) in [6, 6.07) is 6.65. The summed E-state index contributed by atoms with van der Waals surface area (Å²) in [5.74, 6) is 0.764. The molecular weight excluding hydrogens is 248 g/mol. The van der Waals surface area contributed by atoms with Crippen LogP contribution in [0.4, 0.5) is 0 Å². The Kier molecular flexibility index (Phi) is 5.58. The van der Waals surface area contributed by atoms with Gasteiger partial charge in [0.1, 0.15) is 0 Å². The van der Waals surface area contributed by atoms with Gasteiger partial charge in [0.2, 0.25) is 0 Å². The van der Waals surface area contributed by atoms with E-state index in [4.69, 9.17) is 10.5 Å². The van der Waals surface area contributed by atoms with Crippen molar-refractivity contribution in [2.24, 2.45) is 11.7 Å². The number of aryl methyl sites for hydroxylation is 2. The second-order valence-electron chi connectivity index (χ2n) is 6.24. The summed E-state index contributed by atoms with van der Waals surface area (Å²) in [4.78, 5) is 2.37. The summed E-state index contributed by atoms with van der Waals surface area (Å²) in [6.07, 6.45) is 2.37. The molecule has 1 aliphatic heterocycles. The minimum atomic E-state index is 0.0976. The summed E-state index contributed by atoms with van der Waals surface area (Å²) < 4.78 is 5.42. The minimum Gasteiger partial charge on any atom is -0.381 e. The van der Waals surface area contributed by atoms with E-state index in [-0.39, 0.29) is 6.04 Å². The van der Waals surface area contributed by atoms with Gasteiger partial charge in [-0.15, -0.1) is 0 Å². The summed E-state index contributed by atoms with van der Waals surface area (Å²) >= 11 is 0. The standard InChI is InChI=1S/C17H28N2O/c1-13-4-5-16(14(2)10-13)17(18)12-19(3)11-15-6-8-20-9-7-15/h4-5,10,15,17H,6-9,11-12,18H2,1-3H3. The van der Waals surface area contributed by atoms with Gasteiger partial charge < -0.3 is 15.4 Å². The van der Waals surface area contributed by atoms with Crippen LogP contribution in [0.1, 0.15) is 35.6 Å².